The first-order chi connectivity index (χ1) is 7.49. The van der Waals surface area contributed by atoms with E-state index in [4.69, 9.17) is 0 Å². The topological polar surface area (TPSA) is 3.24 Å². The van der Waals surface area contributed by atoms with Gasteiger partial charge in [0.05, 0.1) is 0 Å². The highest BCUT2D eigenvalue weighted by atomic mass is 15.0. The van der Waals surface area contributed by atoms with Crippen LogP contribution < -0.4 is 0 Å². The molecule has 0 fully saturated rings. The minimum absolute atomic E-state index is 0.621. The van der Waals surface area contributed by atoms with E-state index in [1.54, 1.807) is 0 Å². The van der Waals surface area contributed by atoms with Crippen molar-refractivity contribution in [3.63, 3.8) is 0 Å². The van der Waals surface area contributed by atoms with Crippen LogP contribution in [0.25, 0.3) is 0 Å². The summed E-state index contributed by atoms with van der Waals surface area (Å²) >= 11 is 0. The van der Waals surface area contributed by atoms with Crippen molar-refractivity contribution in [1.29, 1.82) is 0 Å². The number of rotatable bonds is 3. The van der Waals surface area contributed by atoms with Gasteiger partial charge in [-0.2, -0.15) is 0 Å². The van der Waals surface area contributed by atoms with Gasteiger partial charge in [-0.05, 0) is 38.1 Å². The lowest BCUT2D eigenvalue weighted by molar-refractivity contribution is 0.402. The van der Waals surface area contributed by atoms with Gasteiger partial charge in [-0.3, -0.25) is 0 Å². The van der Waals surface area contributed by atoms with Crippen molar-refractivity contribution in [2.75, 3.05) is 14.1 Å². The molecule has 1 nitrogen and oxygen atoms in total. The van der Waals surface area contributed by atoms with Crippen molar-refractivity contribution in [1.82, 2.24) is 4.90 Å². The van der Waals surface area contributed by atoms with Gasteiger partial charge in [0.2, 0.25) is 0 Å². The molecule has 0 aliphatic heterocycles. The Kier molecular flexibility index (Phi) is 7.07. The summed E-state index contributed by atoms with van der Waals surface area (Å²) in [6.45, 7) is 11.7. The number of nitrogens with zero attached hydrogens (tertiary/aromatic N) is 1. The highest BCUT2D eigenvalue weighted by Gasteiger charge is 2.03. The molecule has 1 heteroatoms. The fourth-order valence-electron chi connectivity index (χ4n) is 1.68. The molecule has 0 bridgehead atoms. The Morgan fingerprint density at radius 3 is 2.06 bits per heavy atom. The molecule has 0 atom stereocenters. The second-order valence-corrected chi connectivity index (χ2v) is 4.64. The molecular formula is C15H27N. The van der Waals surface area contributed by atoms with Crippen molar-refractivity contribution < 1.29 is 0 Å². The maximum Gasteiger partial charge on any atom is 0.0227 e. The van der Waals surface area contributed by atoms with Gasteiger partial charge in [0.1, 0.15) is 0 Å². The lowest BCUT2D eigenvalue weighted by Crippen LogP contribution is -2.11. The summed E-state index contributed by atoms with van der Waals surface area (Å²) in [5, 5.41) is 0. The summed E-state index contributed by atoms with van der Waals surface area (Å²) in [6, 6.07) is 6.87. The molecule has 0 saturated heterocycles. The molecule has 0 aromatic heterocycles. The van der Waals surface area contributed by atoms with Gasteiger partial charge in [0.25, 0.3) is 0 Å². The van der Waals surface area contributed by atoms with E-state index in [0.29, 0.717) is 5.92 Å². The van der Waals surface area contributed by atoms with E-state index in [0.717, 1.165) is 6.54 Å². The van der Waals surface area contributed by atoms with Crippen LogP contribution in [0.5, 0.6) is 0 Å². The molecule has 0 amide bonds. The molecule has 1 aromatic carbocycles. The van der Waals surface area contributed by atoms with Crippen LogP contribution in [-0.2, 0) is 6.54 Å². The Hall–Kier alpha value is -0.820. The summed E-state index contributed by atoms with van der Waals surface area (Å²) in [6.07, 6.45) is 0. The van der Waals surface area contributed by atoms with E-state index in [-0.39, 0.29) is 0 Å². The maximum atomic E-state index is 2.32. The third-order valence-electron chi connectivity index (χ3n) is 2.32. The minimum atomic E-state index is 0.621. The molecular weight excluding hydrogens is 194 g/mol. The zero-order valence-corrected chi connectivity index (χ0v) is 12.0. The lowest BCUT2D eigenvalue weighted by Gasteiger charge is -2.13. The van der Waals surface area contributed by atoms with Crippen LogP contribution >= 0.6 is 0 Å². The number of hydrogen-bond donors (Lipinski definition) is 0. The molecule has 1 rings (SSSR count). The van der Waals surface area contributed by atoms with Crippen LogP contribution in [-0.4, -0.2) is 19.0 Å². The molecule has 0 aliphatic carbocycles. The first-order valence-electron chi connectivity index (χ1n) is 6.24. The first-order valence-corrected chi connectivity index (χ1v) is 6.24. The van der Waals surface area contributed by atoms with Crippen molar-refractivity contribution in [2.45, 2.75) is 47.1 Å². The fourth-order valence-corrected chi connectivity index (χ4v) is 1.68. The van der Waals surface area contributed by atoms with Gasteiger partial charge in [0.15, 0.2) is 0 Å². The first kappa shape index (κ1) is 15.2. The summed E-state index contributed by atoms with van der Waals surface area (Å²) in [5.41, 5.74) is 4.23. The van der Waals surface area contributed by atoms with E-state index < -0.39 is 0 Å². The van der Waals surface area contributed by atoms with Crippen molar-refractivity contribution >= 4 is 0 Å². The monoisotopic (exact) mass is 221 g/mol. The van der Waals surface area contributed by atoms with E-state index in [1.807, 2.05) is 13.8 Å². The summed E-state index contributed by atoms with van der Waals surface area (Å²) in [5.74, 6) is 0.621. The third kappa shape index (κ3) is 5.32. The molecule has 0 saturated carbocycles. The van der Waals surface area contributed by atoms with Crippen molar-refractivity contribution in [2.24, 2.45) is 0 Å². The van der Waals surface area contributed by atoms with Gasteiger partial charge in [-0.25, -0.2) is 0 Å². The molecule has 1 aromatic rings. The van der Waals surface area contributed by atoms with Gasteiger partial charge in [-0.1, -0.05) is 51.5 Å². The number of benzene rings is 1. The average Bonchev–Trinajstić information content (AvgIpc) is 2.18. The van der Waals surface area contributed by atoms with Crippen LogP contribution in [0.1, 0.15) is 50.3 Å². The fraction of sp³-hybridized carbons (Fsp3) is 0.600. The van der Waals surface area contributed by atoms with E-state index >= 15 is 0 Å². The van der Waals surface area contributed by atoms with Crippen molar-refractivity contribution in [3.8, 4) is 0 Å². The molecule has 92 valence electrons. The van der Waals surface area contributed by atoms with Gasteiger partial charge in [-0.15, -0.1) is 0 Å². The molecule has 0 aliphatic rings. The number of hydrogen-bond acceptors (Lipinski definition) is 1. The summed E-state index contributed by atoms with van der Waals surface area (Å²) in [4.78, 5) is 2.21. The number of aryl methyl sites for hydroxylation is 1. The average molecular weight is 221 g/mol. The van der Waals surface area contributed by atoms with Crippen molar-refractivity contribution in [3.05, 3.63) is 34.9 Å². The van der Waals surface area contributed by atoms with Crippen LogP contribution in [0.4, 0.5) is 0 Å². The van der Waals surface area contributed by atoms with E-state index in [2.05, 4.69) is 58.0 Å². The Morgan fingerprint density at radius 2 is 1.62 bits per heavy atom. The van der Waals surface area contributed by atoms with Crippen LogP contribution in [0.2, 0.25) is 0 Å². The largest absolute Gasteiger partial charge is 0.305 e. The standard InChI is InChI=1S/C13H21N.C2H6/c1-10(2)13-7-11(3)6-12(8-13)9-14(4)5;1-2/h6-8,10H,9H2,1-5H3;1-2H3. The molecule has 0 N–H and O–H groups in total. The van der Waals surface area contributed by atoms with E-state index in [1.165, 1.54) is 16.7 Å². The molecule has 0 heterocycles. The Bertz CT molecular complexity index is 300. The highest BCUT2D eigenvalue weighted by molar-refractivity contribution is 5.31. The summed E-state index contributed by atoms with van der Waals surface area (Å²) < 4.78 is 0. The van der Waals surface area contributed by atoms with Gasteiger partial charge >= 0.3 is 0 Å². The lowest BCUT2D eigenvalue weighted by atomic mass is 9.98. The maximum absolute atomic E-state index is 2.32. The Labute approximate surface area is 101 Å². The predicted octanol–water partition coefficient (Wildman–Crippen LogP) is 4.21. The Morgan fingerprint density at radius 1 is 1.06 bits per heavy atom. The molecule has 0 spiro atoms. The summed E-state index contributed by atoms with van der Waals surface area (Å²) in [7, 11) is 4.22. The zero-order valence-electron chi connectivity index (χ0n) is 12.0. The second kappa shape index (κ2) is 7.45. The predicted molar refractivity (Wildman–Crippen MR) is 74.0 cm³/mol. The Balaban J connectivity index is 0.00000106. The van der Waals surface area contributed by atoms with Crippen LogP contribution in [0, 0.1) is 6.92 Å². The van der Waals surface area contributed by atoms with Gasteiger partial charge in [0, 0.05) is 6.54 Å². The second-order valence-electron chi connectivity index (χ2n) is 4.64. The minimum Gasteiger partial charge on any atom is -0.305 e. The van der Waals surface area contributed by atoms with Crippen LogP contribution in [0.3, 0.4) is 0 Å². The quantitative estimate of drug-likeness (QED) is 0.739. The van der Waals surface area contributed by atoms with E-state index in [9.17, 15) is 0 Å². The molecule has 0 unspecified atom stereocenters. The molecule has 16 heavy (non-hydrogen) atoms. The molecule has 0 radical (unpaired) electrons. The van der Waals surface area contributed by atoms with Crippen LogP contribution in [0.15, 0.2) is 18.2 Å². The highest BCUT2D eigenvalue weighted by Crippen LogP contribution is 2.18. The third-order valence-corrected chi connectivity index (χ3v) is 2.32. The SMILES string of the molecule is CC.Cc1cc(CN(C)C)cc(C(C)C)c1. The van der Waals surface area contributed by atoms with Gasteiger partial charge < -0.3 is 4.90 Å². The smallest absolute Gasteiger partial charge is 0.0227 e. The normalized spacial score (nSPS) is 10.3. The zero-order chi connectivity index (χ0) is 12.7.